The first-order valence-electron chi connectivity index (χ1n) is 8.37. The first kappa shape index (κ1) is 15.3. The Kier molecular flexibility index (Phi) is 4.05. The van der Waals surface area contributed by atoms with Crippen LogP contribution in [0.1, 0.15) is 37.9 Å². The molecule has 1 saturated heterocycles. The number of nitrogens with zero attached hydrogens (tertiary/aromatic N) is 6. The molecule has 4 heterocycles. The van der Waals surface area contributed by atoms with Gasteiger partial charge < -0.3 is 9.47 Å². The lowest BCUT2D eigenvalue weighted by molar-refractivity contribution is 0.395. The van der Waals surface area contributed by atoms with Gasteiger partial charge in [-0.1, -0.05) is 24.7 Å². The number of piperidine rings is 1. The molecule has 0 aromatic carbocycles. The molecular weight excluding hydrogens is 324 g/mol. The highest BCUT2D eigenvalue weighted by Crippen LogP contribution is 2.28. The van der Waals surface area contributed by atoms with Gasteiger partial charge in [-0.15, -0.1) is 5.10 Å². The van der Waals surface area contributed by atoms with Crippen molar-refractivity contribution in [1.82, 2.24) is 24.1 Å². The Hall–Kier alpha value is -2.22. The fraction of sp³-hybridized carbons (Fsp3) is 0.500. The number of anilines is 1. The highest BCUT2D eigenvalue weighted by molar-refractivity contribution is 7.20. The van der Waals surface area contributed by atoms with Gasteiger partial charge in [0, 0.05) is 43.3 Å². The number of hydrogen-bond donors (Lipinski definition) is 0. The molecule has 0 radical (unpaired) electrons. The number of hydrogen-bond acceptors (Lipinski definition) is 6. The molecule has 0 spiro atoms. The second-order valence-electron chi connectivity index (χ2n) is 6.14. The van der Waals surface area contributed by atoms with Crippen molar-refractivity contribution < 1.29 is 0 Å². The Balaban J connectivity index is 1.54. The molecule has 0 aliphatic carbocycles. The molecule has 126 valence electrons. The topological polar surface area (TPSA) is 68.3 Å². The third-order valence-electron chi connectivity index (χ3n) is 4.48. The fourth-order valence-corrected chi connectivity index (χ4v) is 4.18. The molecule has 7 nitrogen and oxygen atoms in total. The van der Waals surface area contributed by atoms with E-state index in [2.05, 4.69) is 31.5 Å². The molecule has 3 aromatic rings. The van der Waals surface area contributed by atoms with Crippen molar-refractivity contribution in [2.45, 2.75) is 38.6 Å². The van der Waals surface area contributed by atoms with Crippen LogP contribution in [-0.2, 0) is 6.42 Å². The standard InChI is InChI=1S/C16H20N6OS/c1-2-3-12-10-14(23)22-15(18-12)24-16(19-22)20-7-4-13(5-8-20)21-9-6-17-11-21/h6,9-11,13H,2-5,7-8H2,1H3. The maximum atomic E-state index is 12.2. The van der Waals surface area contributed by atoms with Gasteiger partial charge in [-0.3, -0.25) is 4.79 Å². The third kappa shape index (κ3) is 2.82. The van der Waals surface area contributed by atoms with Gasteiger partial charge in [-0.2, -0.15) is 4.52 Å². The van der Waals surface area contributed by atoms with Gasteiger partial charge in [-0.25, -0.2) is 9.97 Å². The fourth-order valence-electron chi connectivity index (χ4n) is 3.20. The smallest absolute Gasteiger partial charge is 0.275 e. The van der Waals surface area contributed by atoms with Crippen LogP contribution >= 0.6 is 11.3 Å². The van der Waals surface area contributed by atoms with E-state index in [9.17, 15) is 4.79 Å². The maximum absolute atomic E-state index is 12.2. The van der Waals surface area contributed by atoms with Crippen LogP contribution in [0.4, 0.5) is 5.13 Å². The molecular formula is C16H20N6OS. The van der Waals surface area contributed by atoms with Crippen LogP contribution in [0.25, 0.3) is 4.96 Å². The number of aryl methyl sites for hydroxylation is 1. The average molecular weight is 344 g/mol. The van der Waals surface area contributed by atoms with Crippen molar-refractivity contribution in [3.63, 3.8) is 0 Å². The van der Waals surface area contributed by atoms with E-state index in [-0.39, 0.29) is 5.56 Å². The Labute approximate surface area is 143 Å². The van der Waals surface area contributed by atoms with E-state index in [1.807, 2.05) is 18.7 Å². The van der Waals surface area contributed by atoms with E-state index < -0.39 is 0 Å². The van der Waals surface area contributed by atoms with Crippen molar-refractivity contribution >= 4 is 21.4 Å². The minimum Gasteiger partial charge on any atom is -0.347 e. The van der Waals surface area contributed by atoms with Gasteiger partial charge in [0.25, 0.3) is 5.56 Å². The van der Waals surface area contributed by atoms with Gasteiger partial charge in [0.2, 0.25) is 10.1 Å². The monoisotopic (exact) mass is 344 g/mol. The zero-order chi connectivity index (χ0) is 16.5. The predicted molar refractivity (Wildman–Crippen MR) is 93.8 cm³/mol. The number of imidazole rings is 1. The minimum absolute atomic E-state index is 0.0840. The van der Waals surface area contributed by atoms with Crippen molar-refractivity contribution in [2.24, 2.45) is 0 Å². The maximum Gasteiger partial charge on any atom is 0.275 e. The molecule has 3 aromatic heterocycles. The molecule has 0 bridgehead atoms. The van der Waals surface area contributed by atoms with Gasteiger partial charge in [0.15, 0.2) is 0 Å². The van der Waals surface area contributed by atoms with E-state index in [0.717, 1.165) is 49.6 Å². The summed E-state index contributed by atoms with van der Waals surface area (Å²) >= 11 is 1.50. The summed E-state index contributed by atoms with van der Waals surface area (Å²) < 4.78 is 3.61. The Morgan fingerprint density at radius 1 is 1.33 bits per heavy atom. The Morgan fingerprint density at radius 3 is 2.88 bits per heavy atom. The van der Waals surface area contributed by atoms with Gasteiger partial charge >= 0.3 is 0 Å². The molecule has 8 heteroatoms. The van der Waals surface area contributed by atoms with Crippen LogP contribution in [0.3, 0.4) is 0 Å². The van der Waals surface area contributed by atoms with Gasteiger partial charge in [0.05, 0.1) is 6.33 Å². The number of rotatable bonds is 4. The second-order valence-corrected chi connectivity index (χ2v) is 7.08. The summed E-state index contributed by atoms with van der Waals surface area (Å²) in [5.41, 5.74) is 0.774. The van der Waals surface area contributed by atoms with E-state index in [4.69, 9.17) is 0 Å². The van der Waals surface area contributed by atoms with Crippen LogP contribution in [0, 0.1) is 0 Å². The highest BCUT2D eigenvalue weighted by atomic mass is 32.1. The molecule has 4 rings (SSSR count). The van der Waals surface area contributed by atoms with E-state index >= 15 is 0 Å². The normalized spacial score (nSPS) is 16.1. The van der Waals surface area contributed by atoms with Crippen molar-refractivity contribution in [3.05, 3.63) is 40.8 Å². The predicted octanol–water partition coefficient (Wildman–Crippen LogP) is 2.14. The molecule has 0 unspecified atom stereocenters. The summed E-state index contributed by atoms with van der Waals surface area (Å²) in [4.78, 5) is 23.9. The second kappa shape index (κ2) is 6.35. The third-order valence-corrected chi connectivity index (χ3v) is 5.44. The Morgan fingerprint density at radius 2 is 2.17 bits per heavy atom. The molecule has 0 atom stereocenters. The van der Waals surface area contributed by atoms with Gasteiger partial charge in [-0.05, 0) is 19.3 Å². The first-order chi connectivity index (χ1) is 11.7. The summed E-state index contributed by atoms with van der Waals surface area (Å²) in [5.74, 6) is 0. The molecule has 0 N–H and O–H groups in total. The Bertz CT molecular complexity index is 876. The zero-order valence-corrected chi connectivity index (χ0v) is 14.4. The molecule has 1 aliphatic rings. The molecule has 0 amide bonds. The molecule has 24 heavy (non-hydrogen) atoms. The van der Waals surface area contributed by atoms with Gasteiger partial charge in [0.1, 0.15) is 0 Å². The molecule has 1 fully saturated rings. The lowest BCUT2D eigenvalue weighted by Gasteiger charge is -2.31. The minimum atomic E-state index is -0.0840. The van der Waals surface area contributed by atoms with E-state index in [0.29, 0.717) is 11.0 Å². The SMILES string of the molecule is CCCc1cc(=O)n2nc(N3CCC(n4ccnc4)CC3)sc2n1. The summed E-state index contributed by atoms with van der Waals surface area (Å²) in [6.45, 7) is 3.95. The highest BCUT2D eigenvalue weighted by Gasteiger charge is 2.23. The lowest BCUT2D eigenvalue weighted by atomic mass is 10.1. The van der Waals surface area contributed by atoms with E-state index in [1.165, 1.54) is 15.9 Å². The van der Waals surface area contributed by atoms with Crippen LogP contribution in [-0.4, -0.2) is 37.2 Å². The first-order valence-corrected chi connectivity index (χ1v) is 9.18. The molecule has 1 aliphatic heterocycles. The van der Waals surface area contributed by atoms with Crippen LogP contribution in [0.2, 0.25) is 0 Å². The lowest BCUT2D eigenvalue weighted by Crippen LogP contribution is -2.34. The van der Waals surface area contributed by atoms with Crippen LogP contribution < -0.4 is 10.5 Å². The van der Waals surface area contributed by atoms with Crippen molar-refractivity contribution in [3.8, 4) is 0 Å². The largest absolute Gasteiger partial charge is 0.347 e. The van der Waals surface area contributed by atoms with Crippen molar-refractivity contribution in [2.75, 3.05) is 18.0 Å². The van der Waals surface area contributed by atoms with Crippen LogP contribution in [0.15, 0.2) is 29.6 Å². The summed E-state index contributed by atoms with van der Waals surface area (Å²) in [5, 5.41) is 5.38. The van der Waals surface area contributed by atoms with Crippen molar-refractivity contribution in [1.29, 1.82) is 0 Å². The number of fused-ring (bicyclic) bond motifs is 1. The quantitative estimate of drug-likeness (QED) is 0.725. The summed E-state index contributed by atoms with van der Waals surface area (Å²) in [6, 6.07) is 2.10. The zero-order valence-electron chi connectivity index (χ0n) is 13.6. The number of aromatic nitrogens is 5. The van der Waals surface area contributed by atoms with Crippen LogP contribution in [0.5, 0.6) is 0 Å². The summed E-state index contributed by atoms with van der Waals surface area (Å²) in [6.07, 6.45) is 9.65. The average Bonchev–Trinajstić information content (AvgIpc) is 3.25. The molecule has 0 saturated carbocycles. The van der Waals surface area contributed by atoms with E-state index in [1.54, 1.807) is 6.07 Å². The summed E-state index contributed by atoms with van der Waals surface area (Å²) in [7, 11) is 0.